The number of hydrogen-bond donors (Lipinski definition) is 4. The summed E-state index contributed by atoms with van der Waals surface area (Å²) in [6, 6.07) is 21.1. The first-order valence-corrected chi connectivity index (χ1v) is 20.5. The molecule has 4 aliphatic heterocycles. The molecule has 55 heavy (non-hydrogen) atoms. The van der Waals surface area contributed by atoms with Crippen molar-refractivity contribution < 1.29 is 24.5 Å². The molecule has 1 unspecified atom stereocenters. The molecular formula is C45H54N4O6. The number of rotatable bonds is 13. The molecule has 290 valence electrons. The smallest absolute Gasteiger partial charge is 0.316 e. The second-order valence-electron chi connectivity index (χ2n) is 16.3. The molecule has 2 atom stereocenters. The van der Waals surface area contributed by atoms with Gasteiger partial charge in [0.15, 0.2) is 0 Å². The number of aryl methyl sites for hydroxylation is 2. The van der Waals surface area contributed by atoms with Gasteiger partial charge in [-0.2, -0.15) is 0 Å². The van der Waals surface area contributed by atoms with Crippen LogP contribution in [0, 0.1) is 5.92 Å². The summed E-state index contributed by atoms with van der Waals surface area (Å²) in [6.07, 6.45) is 10.3. The van der Waals surface area contributed by atoms with Crippen molar-refractivity contribution in [3.63, 3.8) is 0 Å². The minimum Gasteiger partial charge on any atom is -0.506 e. The van der Waals surface area contributed by atoms with Gasteiger partial charge < -0.3 is 30.2 Å². The number of pyridine rings is 1. The lowest BCUT2D eigenvalue weighted by molar-refractivity contribution is -0.167. The summed E-state index contributed by atoms with van der Waals surface area (Å²) in [5.74, 6) is 0.612. The zero-order valence-electron chi connectivity index (χ0n) is 31.7. The standard InChI is InChI=1S/C45H54N4O6/c50-38-15-12-35(36-13-16-41(52)47-43(36)38)39(51)28-46-27-31-10-14-37-33(25-31)11-17-42(53)49(37)22-5-2-7-30-8-6-9-34(26-30)45(20-3-1-4-21-45)44(54)55-40-29-48-23-18-32(40)19-24-48/h6,8-10,12-16,25-26,32,39-40,46,50-51H,1-5,7,11,17-24,27-29H2,(H,47,52)/t39?,40-/m0/s1. The first-order chi connectivity index (χ1) is 26.8. The van der Waals surface area contributed by atoms with Gasteiger partial charge in [0, 0.05) is 49.7 Å². The maximum absolute atomic E-state index is 14.0. The van der Waals surface area contributed by atoms with Gasteiger partial charge in [0.05, 0.1) is 17.0 Å². The van der Waals surface area contributed by atoms with Crippen molar-refractivity contribution >= 4 is 28.5 Å². The molecule has 4 aromatic rings. The maximum atomic E-state index is 14.0. The van der Waals surface area contributed by atoms with E-state index in [0.29, 0.717) is 48.3 Å². The second kappa shape index (κ2) is 16.3. The fourth-order valence-corrected chi connectivity index (χ4v) is 9.67. The van der Waals surface area contributed by atoms with Crippen molar-refractivity contribution in [2.24, 2.45) is 5.92 Å². The highest BCUT2D eigenvalue weighted by molar-refractivity contribution is 5.96. The number of nitrogens with one attached hydrogen (secondary N) is 2. The van der Waals surface area contributed by atoms with E-state index in [4.69, 9.17) is 4.74 Å². The minimum atomic E-state index is -0.841. The minimum absolute atomic E-state index is 0.00992. The van der Waals surface area contributed by atoms with Crippen molar-refractivity contribution in [1.82, 2.24) is 15.2 Å². The zero-order chi connectivity index (χ0) is 37.9. The summed E-state index contributed by atoms with van der Waals surface area (Å²) in [5.41, 5.74) is 5.62. The Bertz CT molecular complexity index is 2080. The van der Waals surface area contributed by atoms with E-state index in [1.54, 1.807) is 12.1 Å². The second-order valence-corrected chi connectivity index (χ2v) is 16.3. The van der Waals surface area contributed by atoms with Gasteiger partial charge in [0.25, 0.3) is 0 Å². The van der Waals surface area contributed by atoms with E-state index < -0.39 is 11.5 Å². The van der Waals surface area contributed by atoms with Crippen LogP contribution in [0.1, 0.15) is 98.1 Å². The Balaban J connectivity index is 0.857. The van der Waals surface area contributed by atoms with Crippen LogP contribution in [0.4, 0.5) is 5.69 Å². The summed E-state index contributed by atoms with van der Waals surface area (Å²) in [7, 11) is 0. The SMILES string of the molecule is O=C1CCc2cc(CNCC(O)c3ccc(O)c4[nH]c(=O)ccc34)ccc2N1CCCCc1cccc(C2(C(=O)O[C@H]3CN4CCC3CC4)CCCCC2)c1. The van der Waals surface area contributed by atoms with Crippen molar-refractivity contribution in [3.8, 4) is 5.75 Å². The van der Waals surface area contributed by atoms with Crippen LogP contribution in [0.2, 0.25) is 0 Å². The normalized spacial score (nSPS) is 22.4. The first-order valence-electron chi connectivity index (χ1n) is 20.5. The van der Waals surface area contributed by atoms with E-state index >= 15 is 0 Å². The highest BCUT2D eigenvalue weighted by atomic mass is 16.5. The van der Waals surface area contributed by atoms with Crippen LogP contribution < -0.4 is 15.8 Å². The largest absolute Gasteiger partial charge is 0.506 e. The summed E-state index contributed by atoms with van der Waals surface area (Å²) in [6.45, 7) is 4.64. The van der Waals surface area contributed by atoms with Crippen molar-refractivity contribution in [3.05, 3.63) is 105 Å². The van der Waals surface area contributed by atoms with Gasteiger partial charge in [-0.1, -0.05) is 61.7 Å². The number of benzene rings is 3. The number of nitrogens with zero attached hydrogens (tertiary/aromatic N) is 2. The molecule has 0 radical (unpaired) electrons. The van der Waals surface area contributed by atoms with Crippen LogP contribution in [0.25, 0.3) is 10.9 Å². The van der Waals surface area contributed by atoms with Gasteiger partial charge in [0.1, 0.15) is 11.9 Å². The fraction of sp³-hybridized carbons (Fsp3) is 0.489. The Labute approximate surface area is 322 Å². The summed E-state index contributed by atoms with van der Waals surface area (Å²) < 4.78 is 6.39. The lowest BCUT2D eigenvalue weighted by Gasteiger charge is -2.45. The highest BCUT2D eigenvalue weighted by Crippen LogP contribution is 2.42. The molecule has 10 nitrogen and oxygen atoms in total. The van der Waals surface area contributed by atoms with Gasteiger partial charge >= 0.3 is 5.97 Å². The van der Waals surface area contributed by atoms with Crippen LogP contribution in [-0.4, -0.2) is 70.8 Å². The van der Waals surface area contributed by atoms with E-state index in [1.807, 2.05) is 17.0 Å². The third kappa shape index (κ3) is 7.95. The number of aliphatic hydroxyl groups is 1. The molecule has 1 saturated carbocycles. The van der Waals surface area contributed by atoms with E-state index in [9.17, 15) is 24.6 Å². The summed E-state index contributed by atoms with van der Waals surface area (Å²) in [5, 5.41) is 25.1. The molecule has 1 amide bonds. The van der Waals surface area contributed by atoms with Gasteiger partial charge in [-0.25, -0.2) is 0 Å². The Morgan fingerprint density at radius 2 is 1.78 bits per heavy atom. The Kier molecular flexibility index (Phi) is 11.1. The van der Waals surface area contributed by atoms with E-state index in [2.05, 4.69) is 45.5 Å². The quantitative estimate of drug-likeness (QED) is 0.0940. The molecular weight excluding hydrogens is 693 g/mol. The number of anilines is 1. The number of ether oxygens (including phenoxy) is 1. The molecule has 3 aromatic carbocycles. The predicted molar refractivity (Wildman–Crippen MR) is 213 cm³/mol. The Morgan fingerprint density at radius 1 is 0.945 bits per heavy atom. The van der Waals surface area contributed by atoms with Gasteiger partial charge in [0.2, 0.25) is 11.5 Å². The first kappa shape index (κ1) is 37.4. The number of aromatic nitrogens is 1. The highest BCUT2D eigenvalue weighted by Gasteiger charge is 2.46. The van der Waals surface area contributed by atoms with Gasteiger partial charge in [-0.05, 0) is 116 Å². The monoisotopic (exact) mass is 746 g/mol. The Hall–Kier alpha value is -4.51. The number of hydrogen-bond acceptors (Lipinski definition) is 8. The zero-order valence-corrected chi connectivity index (χ0v) is 31.7. The molecule has 4 N–H and O–H groups in total. The molecule has 1 aromatic heterocycles. The van der Waals surface area contributed by atoms with Gasteiger partial charge in [-0.3, -0.25) is 19.3 Å². The Morgan fingerprint density at radius 3 is 2.58 bits per heavy atom. The number of phenols is 1. The van der Waals surface area contributed by atoms with Crippen LogP contribution in [0.5, 0.6) is 5.75 Å². The topological polar surface area (TPSA) is 135 Å². The molecule has 3 saturated heterocycles. The summed E-state index contributed by atoms with van der Waals surface area (Å²) in [4.78, 5) is 46.0. The fourth-order valence-electron chi connectivity index (χ4n) is 9.67. The average Bonchev–Trinajstić information content (AvgIpc) is 3.21. The number of H-pyrrole nitrogens is 1. The number of phenolic OH excluding ortho intramolecular Hbond substituents is 1. The number of piperidine rings is 3. The molecule has 5 heterocycles. The predicted octanol–water partition coefficient (Wildman–Crippen LogP) is 6.20. The van der Waals surface area contributed by atoms with Crippen LogP contribution >= 0.6 is 0 Å². The third-order valence-electron chi connectivity index (χ3n) is 12.8. The van der Waals surface area contributed by atoms with E-state index in [0.717, 1.165) is 99.8 Å². The number of carbonyl (C=O) groups is 2. The van der Waals surface area contributed by atoms with Crippen LogP contribution in [0.3, 0.4) is 0 Å². The number of esters is 1. The number of fused-ring (bicyclic) bond motifs is 5. The molecule has 1 aliphatic carbocycles. The molecule has 0 spiro atoms. The third-order valence-corrected chi connectivity index (χ3v) is 12.8. The van der Waals surface area contributed by atoms with Crippen molar-refractivity contribution in [2.45, 2.75) is 101 Å². The van der Waals surface area contributed by atoms with Crippen molar-refractivity contribution in [2.75, 3.05) is 37.6 Å². The number of aromatic amines is 1. The van der Waals surface area contributed by atoms with Crippen LogP contribution in [-0.2, 0) is 39.1 Å². The molecule has 4 fully saturated rings. The molecule has 10 heteroatoms. The van der Waals surface area contributed by atoms with E-state index in [1.165, 1.54) is 24.1 Å². The average molecular weight is 747 g/mol. The van der Waals surface area contributed by atoms with Crippen molar-refractivity contribution in [1.29, 1.82) is 0 Å². The maximum Gasteiger partial charge on any atom is 0.316 e. The molecule has 5 aliphatic rings. The van der Waals surface area contributed by atoms with Gasteiger partial charge in [-0.15, -0.1) is 0 Å². The van der Waals surface area contributed by atoms with E-state index in [-0.39, 0.29) is 35.8 Å². The number of unbranched alkanes of at least 4 members (excludes halogenated alkanes) is 1. The molecule has 2 bridgehead atoms. The molecule has 9 rings (SSSR count). The lowest BCUT2D eigenvalue weighted by Crippen LogP contribution is -2.53. The number of amides is 1. The number of aromatic hydroxyl groups is 1. The van der Waals surface area contributed by atoms with Crippen LogP contribution in [0.15, 0.2) is 71.5 Å². The number of carbonyl (C=O) groups excluding carboxylic acids is 2. The lowest BCUT2D eigenvalue weighted by atomic mass is 9.69. The number of aliphatic hydroxyl groups excluding tert-OH is 1. The summed E-state index contributed by atoms with van der Waals surface area (Å²) >= 11 is 0.